The first kappa shape index (κ1) is 35.6. The second-order valence-corrected chi connectivity index (χ2v) is 15.8. The summed E-state index contributed by atoms with van der Waals surface area (Å²) < 4.78 is 4.87. The largest absolute Gasteiger partial charge is 0.307 e. The Morgan fingerprint density at radius 2 is 0.661 bits per heavy atom. The number of hydrogen-bond acceptors (Lipinski definition) is 2. The van der Waals surface area contributed by atoms with E-state index in [1.807, 2.05) is 6.07 Å². The lowest BCUT2D eigenvalue weighted by Crippen LogP contribution is -1.99. The van der Waals surface area contributed by atoms with E-state index in [4.69, 9.17) is 9.97 Å². The molecule has 62 heavy (non-hydrogen) atoms. The van der Waals surface area contributed by atoms with Crippen LogP contribution in [-0.2, 0) is 0 Å². The van der Waals surface area contributed by atoms with Crippen molar-refractivity contribution >= 4 is 43.6 Å². The van der Waals surface area contributed by atoms with E-state index >= 15 is 0 Å². The minimum absolute atomic E-state index is 0.688. The van der Waals surface area contributed by atoms with E-state index in [1.165, 1.54) is 60.3 Å². The van der Waals surface area contributed by atoms with Crippen LogP contribution in [0, 0.1) is 0 Å². The van der Waals surface area contributed by atoms with Crippen LogP contribution in [-0.4, -0.2) is 19.1 Å². The molecule has 0 unspecified atom stereocenters. The molecule has 0 amide bonds. The Morgan fingerprint density at radius 1 is 0.258 bits per heavy atom. The predicted octanol–water partition coefficient (Wildman–Crippen LogP) is 15.0. The fourth-order valence-corrected chi connectivity index (χ4v) is 9.20. The maximum atomic E-state index is 5.24. The van der Waals surface area contributed by atoms with Crippen molar-refractivity contribution in [1.82, 2.24) is 19.1 Å². The number of para-hydroxylation sites is 3. The Morgan fingerprint density at radius 3 is 1.23 bits per heavy atom. The van der Waals surface area contributed by atoms with Gasteiger partial charge in [-0.05, 0) is 70.8 Å². The minimum Gasteiger partial charge on any atom is -0.307 e. The van der Waals surface area contributed by atoms with Crippen LogP contribution in [0.5, 0.6) is 0 Å². The summed E-state index contributed by atoms with van der Waals surface area (Å²) in [4.78, 5) is 10.4. The highest BCUT2D eigenvalue weighted by molar-refractivity contribution is 6.23. The molecular formula is C58H38N4. The van der Waals surface area contributed by atoms with Crippen molar-refractivity contribution in [1.29, 1.82) is 0 Å². The Hall–Kier alpha value is -8.34. The van der Waals surface area contributed by atoms with Gasteiger partial charge in [-0.25, -0.2) is 9.97 Å². The van der Waals surface area contributed by atoms with Crippen LogP contribution >= 0.6 is 0 Å². The summed E-state index contributed by atoms with van der Waals surface area (Å²) in [5, 5.41) is 4.91. The van der Waals surface area contributed by atoms with Crippen LogP contribution in [0.1, 0.15) is 0 Å². The molecule has 0 spiro atoms. The number of nitrogens with zero attached hydrogens (tertiary/aromatic N) is 4. The van der Waals surface area contributed by atoms with Crippen LogP contribution in [0.3, 0.4) is 0 Å². The van der Waals surface area contributed by atoms with E-state index in [-0.39, 0.29) is 0 Å². The molecule has 0 radical (unpaired) electrons. The summed E-state index contributed by atoms with van der Waals surface area (Å²) in [6.07, 6.45) is 0. The lowest BCUT2D eigenvalue weighted by Gasteiger charge is -2.13. The lowest BCUT2D eigenvalue weighted by atomic mass is 9.98. The first-order valence-corrected chi connectivity index (χ1v) is 21.1. The SMILES string of the molecule is c1ccc(-c2cccc(-c3ccc(-c4nc(-c5ccccc5)cc(-c5ccc(-n6c7ccccc7c7ccc8c9ccccc9n(-c9ccccc9)c8c76)cc5)n4)cc3)c2)cc1. The Labute approximate surface area is 359 Å². The number of rotatable bonds is 7. The molecule has 4 heteroatoms. The van der Waals surface area contributed by atoms with Crippen molar-refractivity contribution in [2.75, 3.05) is 0 Å². The van der Waals surface area contributed by atoms with E-state index < -0.39 is 0 Å². The summed E-state index contributed by atoms with van der Waals surface area (Å²) in [5.41, 5.74) is 16.5. The van der Waals surface area contributed by atoms with Gasteiger partial charge in [-0.15, -0.1) is 0 Å². The first-order valence-electron chi connectivity index (χ1n) is 21.1. The molecule has 12 aromatic rings. The van der Waals surface area contributed by atoms with Gasteiger partial charge in [-0.2, -0.15) is 0 Å². The topological polar surface area (TPSA) is 35.6 Å². The number of benzene rings is 9. The average Bonchev–Trinajstić information content (AvgIpc) is 3.88. The summed E-state index contributed by atoms with van der Waals surface area (Å²) in [5.74, 6) is 0.688. The molecular weight excluding hydrogens is 753 g/mol. The third-order valence-corrected chi connectivity index (χ3v) is 12.1. The fraction of sp³-hybridized carbons (Fsp3) is 0. The third-order valence-electron chi connectivity index (χ3n) is 12.1. The summed E-state index contributed by atoms with van der Waals surface area (Å²) in [6, 6.07) is 82.0. The van der Waals surface area contributed by atoms with Crippen molar-refractivity contribution in [3.05, 3.63) is 231 Å². The Kier molecular flexibility index (Phi) is 8.46. The molecule has 3 heterocycles. The second-order valence-electron chi connectivity index (χ2n) is 15.8. The van der Waals surface area contributed by atoms with Crippen molar-refractivity contribution in [2.24, 2.45) is 0 Å². The number of aromatic nitrogens is 4. The molecule has 0 aliphatic heterocycles. The fourth-order valence-electron chi connectivity index (χ4n) is 9.20. The first-order chi connectivity index (χ1) is 30.7. The summed E-state index contributed by atoms with van der Waals surface area (Å²) in [7, 11) is 0. The minimum atomic E-state index is 0.688. The smallest absolute Gasteiger partial charge is 0.160 e. The maximum absolute atomic E-state index is 5.24. The second kappa shape index (κ2) is 14.7. The van der Waals surface area contributed by atoms with Crippen molar-refractivity contribution in [2.45, 2.75) is 0 Å². The zero-order chi connectivity index (χ0) is 41.0. The van der Waals surface area contributed by atoms with E-state index in [2.05, 4.69) is 234 Å². The highest BCUT2D eigenvalue weighted by Crippen LogP contribution is 2.42. The van der Waals surface area contributed by atoms with Crippen molar-refractivity contribution in [3.8, 4) is 67.5 Å². The molecule has 4 nitrogen and oxygen atoms in total. The molecule has 9 aromatic carbocycles. The molecule has 3 aromatic heterocycles. The van der Waals surface area contributed by atoms with Gasteiger partial charge in [-0.3, -0.25) is 0 Å². The highest BCUT2D eigenvalue weighted by Gasteiger charge is 2.21. The van der Waals surface area contributed by atoms with E-state index in [0.717, 1.165) is 45.0 Å². The van der Waals surface area contributed by atoms with Gasteiger partial charge in [0.15, 0.2) is 5.82 Å². The lowest BCUT2D eigenvalue weighted by molar-refractivity contribution is 1.15. The van der Waals surface area contributed by atoms with Gasteiger partial charge >= 0.3 is 0 Å². The van der Waals surface area contributed by atoms with Crippen LogP contribution in [0.25, 0.3) is 111 Å². The van der Waals surface area contributed by atoms with Gasteiger partial charge in [0.1, 0.15) is 0 Å². The molecule has 0 saturated carbocycles. The Balaban J connectivity index is 0.984. The molecule has 12 rings (SSSR count). The molecule has 290 valence electrons. The van der Waals surface area contributed by atoms with Crippen LogP contribution in [0.2, 0.25) is 0 Å². The van der Waals surface area contributed by atoms with Gasteiger partial charge in [0.05, 0.1) is 33.5 Å². The normalized spacial score (nSPS) is 11.5. The molecule has 0 atom stereocenters. The van der Waals surface area contributed by atoms with Gasteiger partial charge in [0, 0.05) is 49.6 Å². The van der Waals surface area contributed by atoms with Crippen molar-refractivity contribution < 1.29 is 0 Å². The Bertz CT molecular complexity index is 3590. The van der Waals surface area contributed by atoms with Crippen LogP contribution < -0.4 is 0 Å². The van der Waals surface area contributed by atoms with E-state index in [0.29, 0.717) is 5.82 Å². The molecule has 0 aliphatic carbocycles. The third kappa shape index (κ3) is 6.00. The summed E-state index contributed by atoms with van der Waals surface area (Å²) in [6.45, 7) is 0. The van der Waals surface area contributed by atoms with Crippen molar-refractivity contribution in [3.63, 3.8) is 0 Å². The van der Waals surface area contributed by atoms with Gasteiger partial charge < -0.3 is 9.13 Å². The maximum Gasteiger partial charge on any atom is 0.160 e. The number of hydrogen-bond donors (Lipinski definition) is 0. The zero-order valence-electron chi connectivity index (χ0n) is 33.7. The zero-order valence-corrected chi connectivity index (χ0v) is 33.7. The predicted molar refractivity (Wildman–Crippen MR) is 258 cm³/mol. The molecule has 0 saturated heterocycles. The number of fused-ring (bicyclic) bond motifs is 7. The van der Waals surface area contributed by atoms with E-state index in [1.54, 1.807) is 0 Å². The van der Waals surface area contributed by atoms with Crippen LogP contribution in [0.4, 0.5) is 0 Å². The summed E-state index contributed by atoms with van der Waals surface area (Å²) >= 11 is 0. The van der Waals surface area contributed by atoms with Gasteiger partial charge in [-0.1, -0.05) is 182 Å². The standard InChI is InChI=1S/C58H38N4/c1-4-15-39(16-5-1)44-19-14-20-45(37-44)40-27-29-43(30-28-40)58-59-52(41-17-6-2-7-18-41)38-53(60-58)42-31-33-47(34-32-42)62-55-26-13-11-24-49(55)51-36-35-50-48-23-10-12-25-54(48)61(56(50)57(51)62)46-21-8-3-9-22-46/h1-38H. The average molecular weight is 791 g/mol. The molecule has 0 fully saturated rings. The monoisotopic (exact) mass is 790 g/mol. The molecule has 0 aliphatic rings. The molecule has 0 bridgehead atoms. The van der Waals surface area contributed by atoms with E-state index in [9.17, 15) is 0 Å². The van der Waals surface area contributed by atoms with Crippen LogP contribution in [0.15, 0.2) is 231 Å². The van der Waals surface area contributed by atoms with Gasteiger partial charge in [0.25, 0.3) is 0 Å². The van der Waals surface area contributed by atoms with Gasteiger partial charge in [0.2, 0.25) is 0 Å². The quantitative estimate of drug-likeness (QED) is 0.161. The highest BCUT2D eigenvalue weighted by atomic mass is 15.0. The molecule has 0 N–H and O–H groups in total.